The molecule has 1 unspecified atom stereocenters. The zero-order valence-electron chi connectivity index (χ0n) is 18.7. The maximum absolute atomic E-state index is 6.00. The number of rotatable bonds is 5. The van der Waals surface area contributed by atoms with Crippen molar-refractivity contribution in [2.75, 3.05) is 40.4 Å². The van der Waals surface area contributed by atoms with Crippen LogP contribution in [0, 0.1) is 0 Å². The first kappa shape index (κ1) is 23.8. The zero-order chi connectivity index (χ0) is 21.0. The van der Waals surface area contributed by atoms with Crippen LogP contribution < -0.4 is 10.1 Å². The summed E-state index contributed by atoms with van der Waals surface area (Å²) in [6.07, 6.45) is 8.83. The molecule has 0 amide bonds. The topological polar surface area (TPSA) is 63.9 Å². The third kappa shape index (κ3) is 5.34. The minimum absolute atomic E-state index is 0. The second kappa shape index (κ2) is 10.7. The molecule has 1 aliphatic carbocycles. The largest absolute Gasteiger partial charge is 0.497 e. The molecule has 1 atom stereocenters. The van der Waals surface area contributed by atoms with E-state index in [0.717, 1.165) is 36.9 Å². The number of aromatic nitrogens is 2. The number of morpholine rings is 1. The summed E-state index contributed by atoms with van der Waals surface area (Å²) in [5.41, 5.74) is 2.60. The second-order valence-electron chi connectivity index (χ2n) is 8.37. The molecule has 1 aromatic carbocycles. The van der Waals surface area contributed by atoms with Crippen LogP contribution in [0.3, 0.4) is 0 Å². The Kier molecular flexibility index (Phi) is 8.21. The average Bonchev–Trinajstić information content (AvgIpc) is 3.44. The number of ether oxygens (including phenoxy) is 2. The predicted molar refractivity (Wildman–Crippen MR) is 133 cm³/mol. The van der Waals surface area contributed by atoms with Crippen molar-refractivity contribution in [3.05, 3.63) is 47.8 Å². The summed E-state index contributed by atoms with van der Waals surface area (Å²) in [6.45, 7) is 3.17. The van der Waals surface area contributed by atoms with Crippen molar-refractivity contribution in [2.24, 2.45) is 12.0 Å². The van der Waals surface area contributed by atoms with E-state index in [-0.39, 0.29) is 35.5 Å². The Bertz CT molecular complexity index is 878. The number of guanidine groups is 1. The van der Waals surface area contributed by atoms with E-state index in [9.17, 15) is 0 Å². The lowest BCUT2D eigenvalue weighted by atomic mass is 9.78. The number of benzene rings is 1. The van der Waals surface area contributed by atoms with Crippen molar-refractivity contribution >= 4 is 29.9 Å². The van der Waals surface area contributed by atoms with Crippen molar-refractivity contribution in [1.29, 1.82) is 0 Å². The van der Waals surface area contributed by atoms with Gasteiger partial charge in [-0.25, -0.2) is 0 Å². The Balaban J connectivity index is 0.00000272. The van der Waals surface area contributed by atoms with Gasteiger partial charge in [0.05, 0.1) is 26.5 Å². The molecule has 0 bridgehead atoms. The van der Waals surface area contributed by atoms with Gasteiger partial charge < -0.3 is 19.7 Å². The summed E-state index contributed by atoms with van der Waals surface area (Å²) in [5, 5.41) is 7.98. The van der Waals surface area contributed by atoms with Crippen LogP contribution >= 0.6 is 24.0 Å². The highest BCUT2D eigenvalue weighted by atomic mass is 127. The zero-order valence-corrected chi connectivity index (χ0v) is 21.0. The lowest BCUT2D eigenvalue weighted by molar-refractivity contribution is -0.00811. The lowest BCUT2D eigenvalue weighted by Crippen LogP contribution is -2.51. The quantitative estimate of drug-likeness (QED) is 0.358. The molecule has 7 nitrogen and oxygen atoms in total. The van der Waals surface area contributed by atoms with E-state index in [0.29, 0.717) is 6.61 Å². The van der Waals surface area contributed by atoms with Gasteiger partial charge in [0.25, 0.3) is 0 Å². The van der Waals surface area contributed by atoms with Crippen LogP contribution in [0.15, 0.2) is 41.7 Å². The fourth-order valence-electron chi connectivity index (χ4n) is 4.80. The molecule has 1 aromatic heterocycles. The van der Waals surface area contributed by atoms with Gasteiger partial charge in [-0.2, -0.15) is 5.10 Å². The molecule has 170 valence electrons. The molecule has 2 aromatic rings. The van der Waals surface area contributed by atoms with Gasteiger partial charge >= 0.3 is 0 Å². The van der Waals surface area contributed by atoms with E-state index >= 15 is 0 Å². The van der Waals surface area contributed by atoms with E-state index in [1.54, 1.807) is 7.11 Å². The van der Waals surface area contributed by atoms with E-state index in [1.807, 2.05) is 37.2 Å². The van der Waals surface area contributed by atoms with Gasteiger partial charge in [-0.3, -0.25) is 9.67 Å². The Hall–Kier alpha value is -1.81. The molecular formula is C23H34IN5O2. The molecule has 0 spiro atoms. The van der Waals surface area contributed by atoms with E-state index in [4.69, 9.17) is 9.47 Å². The Morgan fingerprint density at radius 1 is 1.35 bits per heavy atom. The molecule has 31 heavy (non-hydrogen) atoms. The number of hydrogen-bond donors (Lipinski definition) is 1. The summed E-state index contributed by atoms with van der Waals surface area (Å²) >= 11 is 0. The number of aryl methyl sites for hydroxylation is 1. The smallest absolute Gasteiger partial charge is 0.193 e. The maximum Gasteiger partial charge on any atom is 0.193 e. The number of halogens is 1. The predicted octanol–water partition coefficient (Wildman–Crippen LogP) is 3.51. The third-order valence-corrected chi connectivity index (χ3v) is 6.50. The molecule has 0 radical (unpaired) electrons. The van der Waals surface area contributed by atoms with Gasteiger partial charge in [-0.05, 0) is 30.5 Å². The first-order valence-electron chi connectivity index (χ1n) is 10.8. The molecule has 8 heteroatoms. The van der Waals surface area contributed by atoms with Crippen LogP contribution in [0.1, 0.15) is 42.9 Å². The minimum Gasteiger partial charge on any atom is -0.497 e. The molecule has 1 N–H and O–H groups in total. The molecule has 4 rings (SSSR count). The van der Waals surface area contributed by atoms with Crippen LogP contribution in [0.4, 0.5) is 0 Å². The fourth-order valence-corrected chi connectivity index (χ4v) is 4.80. The Morgan fingerprint density at radius 2 is 2.16 bits per heavy atom. The van der Waals surface area contributed by atoms with Gasteiger partial charge in [0, 0.05) is 44.4 Å². The van der Waals surface area contributed by atoms with E-state index in [1.165, 1.54) is 31.2 Å². The summed E-state index contributed by atoms with van der Waals surface area (Å²) < 4.78 is 13.3. The number of nitrogens with one attached hydrogen (secondary N) is 1. The second-order valence-corrected chi connectivity index (χ2v) is 8.37. The summed E-state index contributed by atoms with van der Waals surface area (Å²) in [5.74, 6) is 1.87. The first-order chi connectivity index (χ1) is 14.6. The molecule has 2 fully saturated rings. The van der Waals surface area contributed by atoms with Crippen molar-refractivity contribution < 1.29 is 9.47 Å². The van der Waals surface area contributed by atoms with Gasteiger partial charge in [0.2, 0.25) is 0 Å². The first-order valence-corrected chi connectivity index (χ1v) is 10.8. The highest BCUT2D eigenvalue weighted by molar-refractivity contribution is 14.0. The van der Waals surface area contributed by atoms with Crippen LogP contribution in [0.5, 0.6) is 5.75 Å². The normalized spacial score (nSPS) is 20.9. The van der Waals surface area contributed by atoms with Gasteiger partial charge in [0.15, 0.2) is 5.96 Å². The number of aliphatic imine (C=N–C) groups is 1. The number of methoxy groups -OCH3 is 1. The number of hydrogen-bond acceptors (Lipinski definition) is 4. The molecule has 1 saturated heterocycles. The molecular weight excluding hydrogens is 505 g/mol. The van der Waals surface area contributed by atoms with Gasteiger partial charge in [-0.1, -0.05) is 25.0 Å². The van der Waals surface area contributed by atoms with Crippen LogP contribution in [-0.2, 0) is 17.2 Å². The average molecular weight is 539 g/mol. The summed E-state index contributed by atoms with van der Waals surface area (Å²) in [4.78, 5) is 6.90. The van der Waals surface area contributed by atoms with Crippen molar-refractivity contribution in [3.8, 4) is 5.75 Å². The van der Waals surface area contributed by atoms with Gasteiger partial charge in [-0.15, -0.1) is 24.0 Å². The molecule has 2 heterocycles. The maximum atomic E-state index is 6.00. The van der Waals surface area contributed by atoms with Crippen molar-refractivity contribution in [1.82, 2.24) is 20.0 Å². The summed E-state index contributed by atoms with van der Waals surface area (Å²) in [7, 11) is 5.53. The highest BCUT2D eigenvalue weighted by Crippen LogP contribution is 2.41. The monoisotopic (exact) mass is 539 g/mol. The SMILES string of the molecule is CN=C(NCC1(c2cccc(OC)c2)CCCC1)N1CCOC(c2cnn(C)c2)C1.I. The van der Waals surface area contributed by atoms with Crippen LogP contribution in [0.2, 0.25) is 0 Å². The van der Waals surface area contributed by atoms with Gasteiger partial charge in [0.1, 0.15) is 11.9 Å². The molecule has 2 aliphatic rings. The van der Waals surface area contributed by atoms with E-state index in [2.05, 4.69) is 38.5 Å². The Labute approximate surface area is 202 Å². The van der Waals surface area contributed by atoms with Crippen LogP contribution in [0.25, 0.3) is 0 Å². The number of nitrogens with zero attached hydrogens (tertiary/aromatic N) is 4. The van der Waals surface area contributed by atoms with E-state index < -0.39 is 0 Å². The minimum atomic E-state index is 0. The fraction of sp³-hybridized carbons (Fsp3) is 0.565. The summed E-state index contributed by atoms with van der Waals surface area (Å²) in [6, 6.07) is 8.56. The standard InChI is InChI=1S/C23H33N5O2.HI/c1-24-22(28-11-12-30-21(16-28)18-14-26-27(2)15-18)25-17-23(9-4-5-10-23)19-7-6-8-20(13-19)29-3;/h6-8,13-15,21H,4-5,9-12,16-17H2,1-3H3,(H,24,25);1H. The Morgan fingerprint density at radius 3 is 2.84 bits per heavy atom. The third-order valence-electron chi connectivity index (χ3n) is 6.50. The molecule has 1 saturated carbocycles. The lowest BCUT2D eigenvalue weighted by Gasteiger charge is -2.37. The van der Waals surface area contributed by atoms with Crippen molar-refractivity contribution in [2.45, 2.75) is 37.2 Å². The highest BCUT2D eigenvalue weighted by Gasteiger charge is 2.36. The molecule has 1 aliphatic heterocycles. The van der Waals surface area contributed by atoms with Crippen LogP contribution in [-0.4, -0.2) is 61.0 Å². The van der Waals surface area contributed by atoms with Crippen molar-refractivity contribution in [3.63, 3.8) is 0 Å².